The summed E-state index contributed by atoms with van der Waals surface area (Å²) in [4.78, 5) is 4.63. The van der Waals surface area contributed by atoms with Crippen molar-refractivity contribution in [2.75, 3.05) is 47.3 Å². The fourth-order valence-corrected chi connectivity index (χ4v) is 1.71. The van der Waals surface area contributed by atoms with Crippen LogP contribution in [0.3, 0.4) is 0 Å². The molecule has 0 aliphatic heterocycles. The zero-order valence-corrected chi connectivity index (χ0v) is 12.8. The molecule has 0 saturated heterocycles. The van der Waals surface area contributed by atoms with Gasteiger partial charge in [0.1, 0.15) is 0 Å². The molecule has 0 spiro atoms. The van der Waals surface area contributed by atoms with Gasteiger partial charge in [0, 0.05) is 37.3 Å². The molecular weight excluding hydrogens is 212 g/mol. The lowest BCUT2D eigenvalue weighted by atomic mass is 9.81. The second-order valence-corrected chi connectivity index (χ2v) is 6.12. The summed E-state index contributed by atoms with van der Waals surface area (Å²) in [5.74, 6) is 0. The van der Waals surface area contributed by atoms with Crippen molar-refractivity contribution in [3.05, 3.63) is 0 Å². The molecule has 0 fully saturated rings. The molecule has 0 saturated carbocycles. The van der Waals surface area contributed by atoms with Crippen molar-refractivity contribution in [3.8, 4) is 0 Å². The highest BCUT2D eigenvalue weighted by atomic mass is 15.2. The van der Waals surface area contributed by atoms with Crippen LogP contribution in [0.2, 0.25) is 0 Å². The summed E-state index contributed by atoms with van der Waals surface area (Å²) in [6, 6.07) is 0. The topological polar surface area (TPSA) is 44.5 Å². The normalized spacial score (nSPS) is 13.8. The Hall–Kier alpha value is -0.160. The first-order chi connectivity index (χ1) is 7.65. The zero-order valence-electron chi connectivity index (χ0n) is 12.8. The Morgan fingerprint density at radius 2 is 1.53 bits per heavy atom. The van der Waals surface area contributed by atoms with Crippen LogP contribution in [0.4, 0.5) is 0 Å². The van der Waals surface area contributed by atoms with Gasteiger partial charge in [-0.1, -0.05) is 0 Å². The molecule has 0 amide bonds. The van der Waals surface area contributed by atoms with Crippen LogP contribution < -0.4 is 11.1 Å². The molecule has 0 aromatic carbocycles. The Balaban J connectivity index is 4.50. The van der Waals surface area contributed by atoms with E-state index >= 15 is 0 Å². The fraction of sp³-hybridized carbons (Fsp3) is 1.00. The smallest absolute Gasteiger partial charge is 0.0326 e. The van der Waals surface area contributed by atoms with E-state index in [-0.39, 0.29) is 11.1 Å². The maximum atomic E-state index is 5.57. The highest BCUT2D eigenvalue weighted by Gasteiger charge is 2.39. The summed E-state index contributed by atoms with van der Waals surface area (Å²) in [5, 5.41) is 3.54. The average Bonchev–Trinajstić information content (AvgIpc) is 2.22. The minimum atomic E-state index is 0.0352. The fourth-order valence-electron chi connectivity index (χ4n) is 1.71. The Morgan fingerprint density at radius 1 is 1.00 bits per heavy atom. The molecule has 17 heavy (non-hydrogen) atoms. The Morgan fingerprint density at radius 3 is 1.94 bits per heavy atom. The molecule has 0 heterocycles. The van der Waals surface area contributed by atoms with Gasteiger partial charge in [-0.2, -0.15) is 0 Å². The summed E-state index contributed by atoms with van der Waals surface area (Å²) in [5.41, 5.74) is 5.69. The number of nitrogens with zero attached hydrogens (tertiary/aromatic N) is 2. The van der Waals surface area contributed by atoms with E-state index in [2.05, 4.69) is 64.0 Å². The van der Waals surface area contributed by atoms with Crippen molar-refractivity contribution in [1.82, 2.24) is 15.1 Å². The van der Waals surface area contributed by atoms with Crippen molar-refractivity contribution in [2.24, 2.45) is 5.73 Å². The van der Waals surface area contributed by atoms with Gasteiger partial charge in [-0.15, -0.1) is 0 Å². The van der Waals surface area contributed by atoms with Crippen LogP contribution in [0.15, 0.2) is 0 Å². The van der Waals surface area contributed by atoms with Crippen molar-refractivity contribution < 1.29 is 0 Å². The largest absolute Gasteiger partial charge is 0.329 e. The first-order valence-electron chi connectivity index (χ1n) is 6.46. The molecule has 0 aromatic rings. The molecular formula is C13H32N4. The number of hydrogen-bond acceptors (Lipinski definition) is 4. The quantitative estimate of drug-likeness (QED) is 0.656. The van der Waals surface area contributed by atoms with E-state index in [1.807, 2.05) is 0 Å². The number of likely N-dealkylation sites (N-methyl/N-ethyl adjacent to an activating group) is 2. The lowest BCUT2D eigenvalue weighted by Crippen LogP contribution is -2.64. The Kier molecular flexibility index (Phi) is 6.62. The van der Waals surface area contributed by atoms with Crippen LogP contribution in [0.5, 0.6) is 0 Å². The minimum Gasteiger partial charge on any atom is -0.329 e. The minimum absolute atomic E-state index is 0.0352. The third kappa shape index (κ3) is 4.92. The van der Waals surface area contributed by atoms with Gasteiger partial charge in [-0.3, -0.25) is 4.90 Å². The van der Waals surface area contributed by atoms with Crippen LogP contribution in [0.1, 0.15) is 27.7 Å². The zero-order chi connectivity index (χ0) is 13.7. The molecule has 4 nitrogen and oxygen atoms in total. The second kappa shape index (κ2) is 6.69. The number of hydrogen-bond donors (Lipinski definition) is 2. The van der Waals surface area contributed by atoms with Crippen molar-refractivity contribution in [3.63, 3.8) is 0 Å². The van der Waals surface area contributed by atoms with Crippen LogP contribution in [-0.4, -0.2) is 68.2 Å². The first kappa shape index (κ1) is 16.8. The second-order valence-electron chi connectivity index (χ2n) is 6.12. The van der Waals surface area contributed by atoms with Gasteiger partial charge < -0.3 is 16.0 Å². The van der Waals surface area contributed by atoms with Gasteiger partial charge >= 0.3 is 0 Å². The van der Waals surface area contributed by atoms with E-state index in [0.29, 0.717) is 6.54 Å². The lowest BCUT2D eigenvalue weighted by molar-refractivity contribution is 0.0576. The molecule has 0 unspecified atom stereocenters. The number of rotatable bonds is 8. The highest BCUT2D eigenvalue weighted by Crippen LogP contribution is 2.26. The predicted molar refractivity (Wildman–Crippen MR) is 76.4 cm³/mol. The number of nitrogens with one attached hydrogen (secondary N) is 1. The number of nitrogens with two attached hydrogens (primary N) is 1. The third-order valence-electron chi connectivity index (χ3n) is 4.08. The molecule has 0 rings (SSSR count). The van der Waals surface area contributed by atoms with Crippen LogP contribution in [-0.2, 0) is 0 Å². The van der Waals surface area contributed by atoms with Crippen molar-refractivity contribution in [2.45, 2.75) is 38.8 Å². The molecule has 0 aliphatic rings. The maximum absolute atomic E-state index is 5.57. The Labute approximate surface area is 108 Å². The maximum Gasteiger partial charge on any atom is 0.0326 e. The predicted octanol–water partition coefficient (Wildman–Crippen LogP) is 0.585. The monoisotopic (exact) mass is 244 g/mol. The molecule has 0 bridgehead atoms. The van der Waals surface area contributed by atoms with Crippen LogP contribution >= 0.6 is 0 Å². The van der Waals surface area contributed by atoms with E-state index in [1.165, 1.54) is 0 Å². The van der Waals surface area contributed by atoms with Gasteiger partial charge in [-0.05, 0) is 48.8 Å². The van der Waals surface area contributed by atoms with E-state index in [9.17, 15) is 0 Å². The van der Waals surface area contributed by atoms with Gasteiger partial charge in [-0.25, -0.2) is 0 Å². The summed E-state index contributed by atoms with van der Waals surface area (Å²) in [6.45, 7) is 12.7. The summed E-state index contributed by atoms with van der Waals surface area (Å²) in [7, 11) is 6.41. The SMILES string of the molecule is CN(C)CCN(C)C(C)(C)C(C)(C)NCCN. The standard InChI is InChI=1S/C13H32N4/c1-12(2,15-9-8-14)13(3,4)17(7)11-10-16(5)6/h15H,8-11,14H2,1-7H3. The van der Waals surface area contributed by atoms with Crippen molar-refractivity contribution in [1.29, 1.82) is 0 Å². The molecule has 0 aliphatic carbocycles. The molecule has 0 radical (unpaired) electrons. The van der Waals surface area contributed by atoms with Gasteiger partial charge in [0.05, 0.1) is 0 Å². The summed E-state index contributed by atoms with van der Waals surface area (Å²) >= 11 is 0. The highest BCUT2D eigenvalue weighted by molar-refractivity contribution is 5.00. The van der Waals surface area contributed by atoms with Gasteiger partial charge in [0.2, 0.25) is 0 Å². The van der Waals surface area contributed by atoms with Crippen molar-refractivity contribution >= 4 is 0 Å². The van der Waals surface area contributed by atoms with Gasteiger partial charge in [0.25, 0.3) is 0 Å². The lowest BCUT2D eigenvalue weighted by Gasteiger charge is -2.48. The van der Waals surface area contributed by atoms with E-state index in [4.69, 9.17) is 5.73 Å². The summed E-state index contributed by atoms with van der Waals surface area (Å²) < 4.78 is 0. The first-order valence-corrected chi connectivity index (χ1v) is 6.46. The van der Waals surface area contributed by atoms with E-state index < -0.39 is 0 Å². The molecule has 0 atom stereocenters. The molecule has 0 aromatic heterocycles. The molecule has 4 heteroatoms. The van der Waals surface area contributed by atoms with E-state index in [1.54, 1.807) is 0 Å². The molecule has 104 valence electrons. The third-order valence-corrected chi connectivity index (χ3v) is 4.08. The van der Waals surface area contributed by atoms with Crippen LogP contribution in [0, 0.1) is 0 Å². The molecule has 3 N–H and O–H groups in total. The van der Waals surface area contributed by atoms with Crippen LogP contribution in [0.25, 0.3) is 0 Å². The Bertz CT molecular complexity index is 211. The van der Waals surface area contributed by atoms with E-state index in [0.717, 1.165) is 19.6 Å². The average molecular weight is 244 g/mol. The summed E-state index contributed by atoms with van der Waals surface area (Å²) in [6.07, 6.45) is 0. The van der Waals surface area contributed by atoms with Gasteiger partial charge in [0.15, 0.2) is 0 Å².